The van der Waals surface area contributed by atoms with E-state index in [4.69, 9.17) is 4.42 Å². The van der Waals surface area contributed by atoms with Crippen molar-refractivity contribution in [2.75, 3.05) is 5.32 Å². The van der Waals surface area contributed by atoms with Gasteiger partial charge in [-0.2, -0.15) is 5.10 Å². The second-order valence-electron chi connectivity index (χ2n) is 5.66. The highest BCUT2D eigenvalue weighted by atomic mass is 79.9. The monoisotopic (exact) mass is 425 g/mol. The maximum atomic E-state index is 12.1. The molecule has 7 heteroatoms. The fourth-order valence-electron chi connectivity index (χ4n) is 2.29. The van der Waals surface area contributed by atoms with Crippen LogP contribution in [-0.2, 0) is 0 Å². The first-order chi connectivity index (χ1) is 13.0. The van der Waals surface area contributed by atoms with Crippen LogP contribution in [0.1, 0.15) is 33.4 Å². The van der Waals surface area contributed by atoms with E-state index in [1.54, 1.807) is 49.4 Å². The number of carbonyl (C=O) groups excluding carboxylic acids is 2. The van der Waals surface area contributed by atoms with Gasteiger partial charge in [0.25, 0.3) is 11.8 Å². The van der Waals surface area contributed by atoms with E-state index in [1.807, 2.05) is 18.2 Å². The Bertz CT molecular complexity index is 980. The summed E-state index contributed by atoms with van der Waals surface area (Å²) in [5, 5.41) is 6.87. The van der Waals surface area contributed by atoms with Crippen molar-refractivity contribution in [1.29, 1.82) is 0 Å². The smallest absolute Gasteiger partial charge is 0.291 e. The molecule has 0 aliphatic heterocycles. The Morgan fingerprint density at radius 2 is 1.74 bits per heavy atom. The summed E-state index contributed by atoms with van der Waals surface area (Å²) < 4.78 is 5.88. The first-order valence-corrected chi connectivity index (χ1v) is 8.88. The Labute approximate surface area is 164 Å². The molecule has 0 unspecified atom stereocenters. The second kappa shape index (κ2) is 8.46. The number of hydrogen-bond acceptors (Lipinski definition) is 4. The molecule has 0 radical (unpaired) electrons. The molecule has 0 bridgehead atoms. The number of furan rings is 1. The fourth-order valence-corrected chi connectivity index (χ4v) is 2.69. The van der Waals surface area contributed by atoms with Crippen LogP contribution in [0.5, 0.6) is 0 Å². The molecular weight excluding hydrogens is 410 g/mol. The number of rotatable bonds is 5. The largest absolute Gasteiger partial charge is 0.459 e. The molecule has 2 amide bonds. The van der Waals surface area contributed by atoms with Gasteiger partial charge in [0.15, 0.2) is 5.76 Å². The normalized spacial score (nSPS) is 11.1. The average Bonchev–Trinajstić information content (AvgIpc) is 3.21. The highest BCUT2D eigenvalue weighted by Gasteiger charge is 2.09. The molecule has 0 spiro atoms. The zero-order valence-electron chi connectivity index (χ0n) is 14.4. The van der Waals surface area contributed by atoms with E-state index in [0.717, 1.165) is 10.0 Å². The molecule has 0 saturated carbocycles. The summed E-state index contributed by atoms with van der Waals surface area (Å²) in [5.41, 5.74) is 5.14. The lowest BCUT2D eigenvalue weighted by atomic mass is 10.1. The molecule has 136 valence electrons. The molecule has 0 aliphatic carbocycles. The number of carbonyl (C=O) groups is 2. The van der Waals surface area contributed by atoms with Gasteiger partial charge < -0.3 is 9.73 Å². The summed E-state index contributed by atoms with van der Waals surface area (Å²) in [6, 6.07) is 17.4. The number of hydrazone groups is 1. The third kappa shape index (κ3) is 4.92. The van der Waals surface area contributed by atoms with Crippen molar-refractivity contribution in [3.8, 4) is 0 Å². The number of nitrogens with zero attached hydrogens (tertiary/aromatic N) is 1. The molecule has 2 N–H and O–H groups in total. The highest BCUT2D eigenvalue weighted by molar-refractivity contribution is 9.10. The minimum absolute atomic E-state index is 0.243. The third-order valence-electron chi connectivity index (χ3n) is 3.72. The zero-order chi connectivity index (χ0) is 19.2. The van der Waals surface area contributed by atoms with Gasteiger partial charge in [-0.25, -0.2) is 5.43 Å². The van der Waals surface area contributed by atoms with E-state index < -0.39 is 0 Å². The van der Waals surface area contributed by atoms with Crippen molar-refractivity contribution in [1.82, 2.24) is 5.43 Å². The van der Waals surface area contributed by atoms with Crippen LogP contribution in [0, 0.1) is 0 Å². The van der Waals surface area contributed by atoms with E-state index in [9.17, 15) is 9.59 Å². The maximum absolute atomic E-state index is 12.1. The van der Waals surface area contributed by atoms with Gasteiger partial charge in [0.2, 0.25) is 0 Å². The lowest BCUT2D eigenvalue weighted by Crippen LogP contribution is -2.19. The van der Waals surface area contributed by atoms with Crippen LogP contribution in [0.4, 0.5) is 5.69 Å². The lowest BCUT2D eigenvalue weighted by molar-refractivity contribution is 0.0953. The van der Waals surface area contributed by atoms with Gasteiger partial charge in [0, 0.05) is 15.7 Å². The zero-order valence-corrected chi connectivity index (χ0v) is 16.0. The van der Waals surface area contributed by atoms with E-state index >= 15 is 0 Å². The van der Waals surface area contributed by atoms with Crippen molar-refractivity contribution < 1.29 is 14.0 Å². The van der Waals surface area contributed by atoms with E-state index in [-0.39, 0.29) is 17.6 Å². The molecule has 1 heterocycles. The van der Waals surface area contributed by atoms with Gasteiger partial charge in [0.05, 0.1) is 12.0 Å². The average molecular weight is 426 g/mol. The molecule has 0 atom stereocenters. The van der Waals surface area contributed by atoms with Crippen molar-refractivity contribution in [3.63, 3.8) is 0 Å². The quantitative estimate of drug-likeness (QED) is 0.467. The van der Waals surface area contributed by atoms with Crippen LogP contribution in [-0.4, -0.2) is 17.5 Å². The molecule has 6 nitrogen and oxygen atoms in total. The lowest BCUT2D eigenvalue weighted by Gasteiger charge is -2.06. The number of anilines is 1. The van der Waals surface area contributed by atoms with Gasteiger partial charge >= 0.3 is 0 Å². The van der Waals surface area contributed by atoms with Crippen LogP contribution in [0.25, 0.3) is 0 Å². The van der Waals surface area contributed by atoms with Crippen LogP contribution in [0.2, 0.25) is 0 Å². The molecule has 0 aliphatic rings. The topological polar surface area (TPSA) is 83.7 Å². The molecule has 3 aromatic rings. The number of hydrogen-bond donors (Lipinski definition) is 2. The SMILES string of the molecule is C/C(=N\NC(=O)c1cccc(Br)c1)c1ccc(NC(=O)c2ccco2)cc1. The molecule has 0 fully saturated rings. The maximum Gasteiger partial charge on any atom is 0.291 e. The van der Waals surface area contributed by atoms with Gasteiger partial charge in [-0.15, -0.1) is 0 Å². The van der Waals surface area contributed by atoms with Crippen LogP contribution >= 0.6 is 15.9 Å². The van der Waals surface area contributed by atoms with Gasteiger partial charge in [0.1, 0.15) is 0 Å². The Morgan fingerprint density at radius 1 is 0.963 bits per heavy atom. The van der Waals surface area contributed by atoms with Crippen molar-refractivity contribution in [2.45, 2.75) is 6.92 Å². The van der Waals surface area contributed by atoms with E-state index in [0.29, 0.717) is 17.0 Å². The van der Waals surface area contributed by atoms with Gasteiger partial charge in [-0.05, 0) is 55.0 Å². The first kappa shape index (κ1) is 18.6. The minimum Gasteiger partial charge on any atom is -0.459 e. The van der Waals surface area contributed by atoms with Crippen LogP contribution < -0.4 is 10.7 Å². The van der Waals surface area contributed by atoms with Crippen molar-refractivity contribution >= 4 is 39.1 Å². The number of benzene rings is 2. The summed E-state index contributed by atoms with van der Waals surface area (Å²) in [7, 11) is 0. The number of halogens is 1. The molecule has 3 rings (SSSR count). The predicted molar refractivity (Wildman–Crippen MR) is 107 cm³/mol. The highest BCUT2D eigenvalue weighted by Crippen LogP contribution is 2.13. The fraction of sp³-hybridized carbons (Fsp3) is 0.0500. The summed E-state index contributed by atoms with van der Waals surface area (Å²) in [4.78, 5) is 24.1. The number of nitrogens with one attached hydrogen (secondary N) is 2. The van der Waals surface area contributed by atoms with Crippen molar-refractivity contribution in [3.05, 3.63) is 88.3 Å². The molecule has 2 aromatic carbocycles. The van der Waals surface area contributed by atoms with Gasteiger partial charge in [-0.3, -0.25) is 9.59 Å². The Kier molecular flexibility index (Phi) is 5.83. The van der Waals surface area contributed by atoms with Crippen LogP contribution in [0.3, 0.4) is 0 Å². The van der Waals surface area contributed by atoms with Crippen molar-refractivity contribution in [2.24, 2.45) is 5.10 Å². The second-order valence-corrected chi connectivity index (χ2v) is 6.57. The first-order valence-electron chi connectivity index (χ1n) is 8.08. The van der Waals surface area contributed by atoms with Gasteiger partial charge in [-0.1, -0.05) is 34.1 Å². The summed E-state index contributed by atoms with van der Waals surface area (Å²) >= 11 is 3.33. The van der Waals surface area contributed by atoms with E-state index in [1.165, 1.54) is 6.26 Å². The number of amides is 2. The predicted octanol–water partition coefficient (Wildman–Crippen LogP) is 4.45. The summed E-state index contributed by atoms with van der Waals surface area (Å²) in [6.07, 6.45) is 1.44. The molecule has 1 aromatic heterocycles. The van der Waals surface area contributed by atoms with Crippen LogP contribution in [0.15, 0.2) is 80.9 Å². The Balaban J connectivity index is 1.63. The standard InChI is InChI=1S/C20H16BrN3O3/c1-13(23-24-19(25)15-4-2-5-16(21)12-15)14-7-9-17(10-8-14)22-20(26)18-6-3-11-27-18/h2-12H,1H3,(H,22,26)(H,24,25)/b23-13+. The summed E-state index contributed by atoms with van der Waals surface area (Å²) in [6.45, 7) is 1.79. The summed E-state index contributed by atoms with van der Waals surface area (Å²) in [5.74, 6) is -0.371. The minimum atomic E-state index is -0.320. The third-order valence-corrected chi connectivity index (χ3v) is 4.21. The Hall–Kier alpha value is -3.19. The molecule has 27 heavy (non-hydrogen) atoms. The van der Waals surface area contributed by atoms with E-state index in [2.05, 4.69) is 31.8 Å². The molecular formula is C20H16BrN3O3. The molecule has 0 saturated heterocycles. The Morgan fingerprint density at radius 3 is 2.41 bits per heavy atom.